The summed E-state index contributed by atoms with van der Waals surface area (Å²) in [5, 5.41) is 6.73. The highest BCUT2D eigenvalue weighted by atomic mass is 19.3. The number of nitrogens with zero attached hydrogens (tertiary/aromatic N) is 3. The molecule has 1 aliphatic heterocycles. The van der Waals surface area contributed by atoms with Crippen LogP contribution >= 0.6 is 0 Å². The van der Waals surface area contributed by atoms with Gasteiger partial charge in [-0.3, -0.25) is 14.5 Å². The van der Waals surface area contributed by atoms with Gasteiger partial charge >= 0.3 is 0 Å². The van der Waals surface area contributed by atoms with Gasteiger partial charge in [0.2, 0.25) is 0 Å². The van der Waals surface area contributed by atoms with Crippen LogP contribution < -0.4 is 16.8 Å². The maximum absolute atomic E-state index is 15.0. The monoisotopic (exact) mass is 532 g/mol. The highest BCUT2D eigenvalue weighted by molar-refractivity contribution is 6.03. The third kappa shape index (κ3) is 5.21. The molecule has 8 nitrogen and oxygen atoms in total. The van der Waals surface area contributed by atoms with E-state index in [0.717, 1.165) is 16.8 Å². The number of aryl methyl sites for hydroxylation is 1. The van der Waals surface area contributed by atoms with Crippen molar-refractivity contribution in [3.63, 3.8) is 0 Å². The topological polar surface area (TPSA) is 119 Å². The standard InChI is InChI=1S/C26H28F4N6O2/c1-3-35-9-8-20(26(29,30)13-35)36-23(31)21(24(32)37)22(34-36)15-5-6-16(19(28)10-15)12-33-25(38)18-11-17(27)7-4-14(18)2/h4-7,10-11,20H,3,8-9,12-13,31H2,1-2H3,(H2,32,37)(H,33,38). The Morgan fingerprint density at radius 2 is 1.92 bits per heavy atom. The zero-order valence-electron chi connectivity index (χ0n) is 20.9. The number of anilines is 1. The number of halogens is 4. The van der Waals surface area contributed by atoms with Crippen molar-refractivity contribution in [2.75, 3.05) is 25.4 Å². The summed E-state index contributed by atoms with van der Waals surface area (Å²) in [5.74, 6) is -6.38. The number of nitrogens with two attached hydrogens (primary N) is 2. The van der Waals surface area contributed by atoms with Gasteiger partial charge in [-0.2, -0.15) is 5.10 Å². The fourth-order valence-corrected chi connectivity index (χ4v) is 4.65. The highest BCUT2D eigenvalue weighted by Gasteiger charge is 2.47. The summed E-state index contributed by atoms with van der Waals surface area (Å²) in [6, 6.07) is 6.23. The number of amides is 2. The third-order valence-electron chi connectivity index (χ3n) is 6.79. The van der Waals surface area contributed by atoms with E-state index in [4.69, 9.17) is 11.5 Å². The summed E-state index contributed by atoms with van der Waals surface area (Å²) in [6.07, 6.45) is 0.0438. The lowest BCUT2D eigenvalue weighted by molar-refractivity contribution is -0.105. The average Bonchev–Trinajstić information content (AvgIpc) is 3.20. The minimum atomic E-state index is -3.17. The molecule has 2 amide bonds. The summed E-state index contributed by atoms with van der Waals surface area (Å²) in [4.78, 5) is 26.3. The summed E-state index contributed by atoms with van der Waals surface area (Å²) in [5.41, 5.74) is 12.1. The predicted molar refractivity (Wildman–Crippen MR) is 134 cm³/mol. The number of carbonyl (C=O) groups excluding carboxylic acids is 2. The van der Waals surface area contributed by atoms with E-state index in [1.165, 1.54) is 24.3 Å². The van der Waals surface area contributed by atoms with Crippen LogP contribution in [0.2, 0.25) is 0 Å². The number of piperidine rings is 1. The Balaban J connectivity index is 1.61. The second-order valence-corrected chi connectivity index (χ2v) is 9.30. The van der Waals surface area contributed by atoms with E-state index in [1.54, 1.807) is 18.7 Å². The zero-order chi connectivity index (χ0) is 27.8. The van der Waals surface area contributed by atoms with Gasteiger partial charge in [0.15, 0.2) is 0 Å². The second-order valence-electron chi connectivity index (χ2n) is 9.30. The molecule has 12 heteroatoms. The van der Waals surface area contributed by atoms with Crippen LogP contribution in [0, 0.1) is 18.6 Å². The van der Waals surface area contributed by atoms with Crippen molar-refractivity contribution in [2.45, 2.75) is 38.8 Å². The number of primary amides is 1. The average molecular weight is 533 g/mol. The fourth-order valence-electron chi connectivity index (χ4n) is 4.65. The summed E-state index contributed by atoms with van der Waals surface area (Å²) in [6.45, 7) is 3.59. The maximum Gasteiger partial charge on any atom is 0.282 e. The van der Waals surface area contributed by atoms with Gasteiger partial charge < -0.3 is 16.8 Å². The molecule has 1 fully saturated rings. The predicted octanol–water partition coefficient (Wildman–Crippen LogP) is 3.65. The second kappa shape index (κ2) is 10.4. The molecule has 0 radical (unpaired) electrons. The van der Waals surface area contributed by atoms with Crippen LogP contribution in [0.5, 0.6) is 0 Å². The van der Waals surface area contributed by atoms with Crippen LogP contribution in [0.25, 0.3) is 11.3 Å². The molecule has 2 heterocycles. The molecule has 202 valence electrons. The first-order valence-electron chi connectivity index (χ1n) is 12.0. The van der Waals surface area contributed by atoms with Crippen LogP contribution in [0.3, 0.4) is 0 Å². The Hall–Kier alpha value is -3.93. The summed E-state index contributed by atoms with van der Waals surface area (Å²) < 4.78 is 59.4. The molecule has 2 aromatic carbocycles. The highest BCUT2D eigenvalue weighted by Crippen LogP contribution is 2.40. The first kappa shape index (κ1) is 27.1. The van der Waals surface area contributed by atoms with Crippen molar-refractivity contribution in [2.24, 2.45) is 5.73 Å². The van der Waals surface area contributed by atoms with Crippen LogP contribution in [0.4, 0.5) is 23.4 Å². The van der Waals surface area contributed by atoms with Crippen molar-refractivity contribution < 1.29 is 27.2 Å². The molecule has 1 saturated heterocycles. The summed E-state index contributed by atoms with van der Waals surface area (Å²) in [7, 11) is 0. The van der Waals surface area contributed by atoms with E-state index in [-0.39, 0.29) is 46.7 Å². The molecular formula is C26H28F4N6O2. The first-order valence-corrected chi connectivity index (χ1v) is 12.0. The molecule has 4 rings (SSSR count). The number of hydrogen-bond acceptors (Lipinski definition) is 5. The molecule has 3 aromatic rings. The van der Waals surface area contributed by atoms with Crippen molar-refractivity contribution in [1.29, 1.82) is 0 Å². The Labute approximate surface area is 216 Å². The minimum absolute atomic E-state index is 0.0438. The minimum Gasteiger partial charge on any atom is -0.383 e. The first-order chi connectivity index (χ1) is 17.9. The molecule has 1 aromatic heterocycles. The van der Waals surface area contributed by atoms with Gasteiger partial charge in [-0.1, -0.05) is 25.1 Å². The number of benzene rings is 2. The number of nitrogens with one attached hydrogen (secondary N) is 1. The lowest BCUT2D eigenvalue weighted by atomic mass is 10.0. The van der Waals surface area contributed by atoms with E-state index in [2.05, 4.69) is 10.4 Å². The Bertz CT molecular complexity index is 1390. The van der Waals surface area contributed by atoms with E-state index in [1.807, 2.05) is 0 Å². The molecule has 0 saturated carbocycles. The van der Waals surface area contributed by atoms with Crippen molar-refractivity contribution in [3.05, 3.63) is 70.3 Å². The van der Waals surface area contributed by atoms with E-state index < -0.39 is 42.0 Å². The van der Waals surface area contributed by atoms with Crippen molar-refractivity contribution in [3.8, 4) is 11.3 Å². The third-order valence-corrected chi connectivity index (χ3v) is 6.79. The Morgan fingerprint density at radius 3 is 2.55 bits per heavy atom. The normalized spacial score (nSPS) is 17.4. The molecule has 1 unspecified atom stereocenters. The van der Waals surface area contributed by atoms with Gasteiger partial charge in [-0.05, 0) is 43.7 Å². The fraction of sp³-hybridized carbons (Fsp3) is 0.346. The van der Waals surface area contributed by atoms with Crippen molar-refractivity contribution >= 4 is 17.6 Å². The molecule has 0 bridgehead atoms. The number of likely N-dealkylation sites (tertiary alicyclic amines) is 1. The Morgan fingerprint density at radius 1 is 1.18 bits per heavy atom. The van der Waals surface area contributed by atoms with Gasteiger partial charge in [-0.15, -0.1) is 0 Å². The van der Waals surface area contributed by atoms with Gasteiger partial charge in [0, 0.05) is 29.8 Å². The molecule has 0 aliphatic carbocycles. The van der Waals surface area contributed by atoms with Gasteiger partial charge in [0.25, 0.3) is 17.7 Å². The molecule has 0 spiro atoms. The summed E-state index contributed by atoms with van der Waals surface area (Å²) >= 11 is 0. The van der Waals surface area contributed by atoms with Crippen LogP contribution in [0.15, 0.2) is 36.4 Å². The van der Waals surface area contributed by atoms with Crippen LogP contribution in [0.1, 0.15) is 51.2 Å². The zero-order valence-corrected chi connectivity index (χ0v) is 20.9. The van der Waals surface area contributed by atoms with Crippen LogP contribution in [-0.2, 0) is 6.54 Å². The van der Waals surface area contributed by atoms with E-state index in [9.17, 15) is 22.8 Å². The van der Waals surface area contributed by atoms with Gasteiger partial charge in [-0.25, -0.2) is 22.2 Å². The number of rotatable bonds is 7. The molecule has 1 atom stereocenters. The Kier molecular flexibility index (Phi) is 7.45. The van der Waals surface area contributed by atoms with Gasteiger partial charge in [0.1, 0.15) is 34.8 Å². The largest absolute Gasteiger partial charge is 0.383 e. The molecule has 38 heavy (non-hydrogen) atoms. The number of carbonyl (C=O) groups is 2. The van der Waals surface area contributed by atoms with E-state index >= 15 is 4.39 Å². The lowest BCUT2D eigenvalue weighted by Gasteiger charge is -2.38. The molecular weight excluding hydrogens is 504 g/mol. The maximum atomic E-state index is 15.0. The number of nitrogen functional groups attached to an aromatic ring is 1. The van der Waals surface area contributed by atoms with Crippen molar-refractivity contribution in [1.82, 2.24) is 20.0 Å². The number of aromatic nitrogens is 2. The molecule has 5 N–H and O–H groups in total. The smallest absolute Gasteiger partial charge is 0.282 e. The molecule has 1 aliphatic rings. The van der Waals surface area contributed by atoms with Gasteiger partial charge in [0.05, 0.1) is 6.54 Å². The number of hydrogen-bond donors (Lipinski definition) is 3. The van der Waals surface area contributed by atoms with Crippen LogP contribution in [-0.4, -0.2) is 52.1 Å². The van der Waals surface area contributed by atoms with E-state index in [0.29, 0.717) is 18.7 Å². The number of alkyl halides is 2. The quantitative estimate of drug-likeness (QED) is 0.402. The SMILES string of the molecule is CCN1CCC(n2nc(-c3ccc(CNC(=O)c4cc(F)ccc4C)c(F)c3)c(C(N)=O)c2N)C(F)(F)C1. The lowest BCUT2D eigenvalue weighted by Crippen LogP contribution is -2.49.